The summed E-state index contributed by atoms with van der Waals surface area (Å²) in [7, 11) is 1.26. The highest BCUT2D eigenvalue weighted by molar-refractivity contribution is 5.93. The van der Waals surface area contributed by atoms with Crippen LogP contribution in [0.2, 0.25) is 0 Å². The van der Waals surface area contributed by atoms with Crippen molar-refractivity contribution in [1.29, 1.82) is 0 Å². The maximum absolute atomic E-state index is 14.2. The van der Waals surface area contributed by atoms with Crippen LogP contribution in [-0.4, -0.2) is 41.3 Å². The van der Waals surface area contributed by atoms with Gasteiger partial charge in [-0.2, -0.15) is 5.10 Å². The Labute approximate surface area is 168 Å². The molecule has 1 aromatic heterocycles. The second-order valence-corrected chi connectivity index (χ2v) is 7.88. The van der Waals surface area contributed by atoms with Crippen molar-refractivity contribution in [2.45, 2.75) is 31.7 Å². The number of hydrogen-bond acceptors (Lipinski definition) is 3. The van der Waals surface area contributed by atoms with Gasteiger partial charge in [0.2, 0.25) is 0 Å². The normalized spacial score (nSPS) is 19.8. The number of nitrogens with zero attached hydrogens (tertiary/aromatic N) is 2. The van der Waals surface area contributed by atoms with Crippen LogP contribution < -0.4 is 4.74 Å². The minimum absolute atomic E-state index is 0.358. The summed E-state index contributed by atoms with van der Waals surface area (Å²) in [4.78, 5) is 2.55. The number of aromatic nitrogens is 2. The molecule has 5 rings (SSSR count). The van der Waals surface area contributed by atoms with Gasteiger partial charge in [-0.1, -0.05) is 18.6 Å². The molecule has 150 valence electrons. The van der Waals surface area contributed by atoms with Crippen LogP contribution in [-0.2, 0) is 0 Å². The molecule has 3 heterocycles. The highest BCUT2D eigenvalue weighted by Crippen LogP contribution is 2.36. The molecule has 1 unspecified atom stereocenters. The molecule has 6 heteroatoms. The average molecular weight is 395 g/mol. The summed E-state index contributed by atoms with van der Waals surface area (Å²) in [6.07, 6.45) is 7.07. The minimum Gasteiger partial charge on any atom is -0.491 e. The first-order valence-corrected chi connectivity index (χ1v) is 10.1. The summed E-state index contributed by atoms with van der Waals surface area (Å²) in [5.41, 5.74) is 4.34. The Morgan fingerprint density at radius 1 is 1.10 bits per heavy atom. The quantitative estimate of drug-likeness (QED) is 0.666. The fourth-order valence-electron chi connectivity index (χ4n) is 4.65. The van der Waals surface area contributed by atoms with Crippen LogP contribution in [0.25, 0.3) is 27.6 Å². The van der Waals surface area contributed by atoms with E-state index in [4.69, 9.17) is 4.74 Å². The van der Waals surface area contributed by atoms with Gasteiger partial charge in [-0.15, -0.1) is 0 Å². The van der Waals surface area contributed by atoms with Crippen molar-refractivity contribution in [2.75, 3.05) is 20.2 Å². The van der Waals surface area contributed by atoms with E-state index in [1.54, 1.807) is 0 Å². The van der Waals surface area contributed by atoms with Crippen molar-refractivity contribution in [1.82, 2.24) is 15.1 Å². The van der Waals surface area contributed by atoms with Crippen LogP contribution in [0.4, 0.5) is 8.78 Å². The fraction of sp³-hybridized carbons (Fsp3) is 0.348. The highest BCUT2D eigenvalue weighted by atomic mass is 19.1. The summed E-state index contributed by atoms with van der Waals surface area (Å²) in [6.45, 7) is 2.14. The number of hydrogen-bond donors (Lipinski definition) is 1. The summed E-state index contributed by atoms with van der Waals surface area (Å²) in [6, 6.07) is 8.93. The highest BCUT2D eigenvalue weighted by Gasteiger charge is 2.27. The summed E-state index contributed by atoms with van der Waals surface area (Å²) in [5.74, 6) is -1.77. The molecule has 0 amide bonds. The third-order valence-corrected chi connectivity index (χ3v) is 6.18. The lowest BCUT2D eigenvalue weighted by molar-refractivity contribution is 0.161. The molecule has 2 aromatic carbocycles. The first-order valence-electron chi connectivity index (χ1n) is 10.1. The molecular weight excluding hydrogens is 372 g/mol. The van der Waals surface area contributed by atoms with E-state index < -0.39 is 11.6 Å². The first-order chi connectivity index (χ1) is 14.1. The van der Waals surface area contributed by atoms with Crippen LogP contribution in [0.3, 0.4) is 0 Å². The maximum Gasteiger partial charge on any atom is 0.190 e. The Morgan fingerprint density at radius 2 is 1.93 bits per heavy atom. The van der Waals surface area contributed by atoms with Gasteiger partial charge in [-0.25, -0.2) is 8.78 Å². The number of halogens is 2. The summed E-state index contributed by atoms with van der Waals surface area (Å²) in [5, 5.41) is 8.66. The Kier molecular flexibility index (Phi) is 4.59. The van der Waals surface area contributed by atoms with Gasteiger partial charge in [0, 0.05) is 18.0 Å². The van der Waals surface area contributed by atoms with Crippen LogP contribution in [0.5, 0.6) is 5.75 Å². The number of ether oxygens (including phenoxy) is 1. The second-order valence-electron chi connectivity index (χ2n) is 7.88. The van der Waals surface area contributed by atoms with E-state index in [1.807, 2.05) is 18.2 Å². The zero-order chi connectivity index (χ0) is 20.0. The molecule has 2 aliphatic rings. The molecule has 0 saturated carbocycles. The van der Waals surface area contributed by atoms with Crippen LogP contribution in [0.1, 0.15) is 31.4 Å². The molecule has 0 spiro atoms. The van der Waals surface area contributed by atoms with E-state index in [2.05, 4.69) is 21.2 Å². The molecule has 4 nitrogen and oxygen atoms in total. The van der Waals surface area contributed by atoms with Gasteiger partial charge < -0.3 is 4.74 Å². The number of benzene rings is 2. The SMILES string of the molecule is COc1c(F)cc(-c2ccc3[nH]nc(C4=CCN5CCCCC5C4)c3c2)cc1F. The van der Waals surface area contributed by atoms with E-state index >= 15 is 0 Å². The Hall–Kier alpha value is -2.73. The second kappa shape index (κ2) is 7.26. The molecule has 0 aliphatic carbocycles. The standard InChI is InChI=1S/C23H23F2N3O/c1-29-23-19(24)12-16(13-20(23)25)14-5-6-21-18(11-14)22(27-26-21)15-7-9-28-8-3-2-4-17(28)10-15/h5-7,11-13,17H,2-4,8-10H2,1H3,(H,26,27). The molecular formula is C23H23F2N3O. The molecule has 0 bridgehead atoms. The van der Waals surface area contributed by atoms with Crippen LogP contribution in [0.15, 0.2) is 36.4 Å². The van der Waals surface area contributed by atoms with E-state index in [9.17, 15) is 8.78 Å². The van der Waals surface area contributed by atoms with Gasteiger partial charge in [0.25, 0.3) is 0 Å². The lowest BCUT2D eigenvalue weighted by Gasteiger charge is -2.38. The van der Waals surface area contributed by atoms with Gasteiger partial charge in [0.1, 0.15) is 0 Å². The zero-order valence-electron chi connectivity index (χ0n) is 16.3. The smallest absolute Gasteiger partial charge is 0.190 e. The first kappa shape index (κ1) is 18.3. The van der Waals surface area contributed by atoms with Gasteiger partial charge in [0.15, 0.2) is 17.4 Å². The molecule has 0 radical (unpaired) electrons. The molecule has 1 N–H and O–H groups in total. The van der Waals surface area contributed by atoms with Gasteiger partial charge in [-0.3, -0.25) is 10.00 Å². The van der Waals surface area contributed by atoms with Crippen molar-refractivity contribution in [2.24, 2.45) is 0 Å². The minimum atomic E-state index is -0.706. The third-order valence-electron chi connectivity index (χ3n) is 6.18. The number of aromatic amines is 1. The van der Waals surface area contributed by atoms with Crippen LogP contribution >= 0.6 is 0 Å². The number of H-pyrrole nitrogens is 1. The van der Waals surface area contributed by atoms with E-state index in [0.717, 1.165) is 35.1 Å². The predicted octanol–water partition coefficient (Wildman–Crippen LogP) is 5.16. The van der Waals surface area contributed by atoms with Gasteiger partial charge >= 0.3 is 0 Å². The number of piperidine rings is 1. The summed E-state index contributed by atoms with van der Waals surface area (Å²) < 4.78 is 33.2. The summed E-state index contributed by atoms with van der Waals surface area (Å²) >= 11 is 0. The molecule has 1 saturated heterocycles. The molecule has 29 heavy (non-hydrogen) atoms. The van der Waals surface area contributed by atoms with Crippen molar-refractivity contribution < 1.29 is 13.5 Å². The third kappa shape index (κ3) is 3.21. The number of rotatable bonds is 3. The average Bonchev–Trinajstić information content (AvgIpc) is 3.16. The zero-order valence-corrected chi connectivity index (χ0v) is 16.3. The fourth-order valence-corrected chi connectivity index (χ4v) is 4.65. The predicted molar refractivity (Wildman–Crippen MR) is 110 cm³/mol. The topological polar surface area (TPSA) is 41.1 Å². The van der Waals surface area contributed by atoms with Crippen molar-refractivity contribution in [3.63, 3.8) is 0 Å². The molecule has 3 aromatic rings. The number of nitrogens with one attached hydrogen (secondary N) is 1. The Morgan fingerprint density at radius 3 is 2.72 bits per heavy atom. The number of methoxy groups -OCH3 is 1. The van der Waals surface area contributed by atoms with E-state index in [0.29, 0.717) is 11.6 Å². The van der Waals surface area contributed by atoms with E-state index in [-0.39, 0.29) is 5.75 Å². The monoisotopic (exact) mass is 395 g/mol. The lowest BCUT2D eigenvalue weighted by atomic mass is 9.90. The molecule has 1 atom stereocenters. The van der Waals surface area contributed by atoms with Gasteiger partial charge in [-0.05, 0) is 66.8 Å². The van der Waals surface area contributed by atoms with Gasteiger partial charge in [0.05, 0.1) is 18.3 Å². The largest absolute Gasteiger partial charge is 0.491 e. The van der Waals surface area contributed by atoms with Crippen LogP contribution in [0, 0.1) is 11.6 Å². The van der Waals surface area contributed by atoms with Crippen molar-refractivity contribution in [3.05, 3.63) is 53.7 Å². The maximum atomic E-state index is 14.2. The lowest BCUT2D eigenvalue weighted by Crippen LogP contribution is -2.41. The molecule has 2 aliphatic heterocycles. The number of fused-ring (bicyclic) bond motifs is 2. The molecule has 1 fully saturated rings. The Bertz CT molecular complexity index is 1080. The Balaban J connectivity index is 1.54. The van der Waals surface area contributed by atoms with Crippen molar-refractivity contribution >= 4 is 16.5 Å². The van der Waals surface area contributed by atoms with Crippen molar-refractivity contribution in [3.8, 4) is 16.9 Å². The van der Waals surface area contributed by atoms with E-state index in [1.165, 1.54) is 50.6 Å².